The van der Waals surface area contributed by atoms with Crippen molar-refractivity contribution in [3.63, 3.8) is 0 Å². The number of benzene rings is 2. The molecule has 0 atom stereocenters. The molecule has 0 unspecified atom stereocenters. The minimum atomic E-state index is 0.727. The molecule has 1 aliphatic rings. The maximum absolute atomic E-state index is 6.10. The van der Waals surface area contributed by atoms with E-state index in [4.69, 9.17) is 16.3 Å². The van der Waals surface area contributed by atoms with Gasteiger partial charge in [-0.2, -0.15) is 0 Å². The van der Waals surface area contributed by atoms with E-state index < -0.39 is 0 Å². The van der Waals surface area contributed by atoms with Gasteiger partial charge < -0.3 is 9.72 Å². The molecule has 0 aliphatic carbocycles. The second-order valence-electron chi connectivity index (χ2n) is 7.74. The number of halogens is 1. The summed E-state index contributed by atoms with van der Waals surface area (Å²) in [5, 5.41) is 3.11. The highest BCUT2D eigenvalue weighted by atomic mass is 35.5. The topological polar surface area (TPSA) is 41.1 Å². The van der Waals surface area contributed by atoms with Gasteiger partial charge in [0.15, 0.2) is 0 Å². The van der Waals surface area contributed by atoms with E-state index in [2.05, 4.69) is 39.3 Å². The van der Waals surface area contributed by atoms with Gasteiger partial charge in [0, 0.05) is 53.4 Å². The number of ether oxygens (including phenoxy) is 1. The van der Waals surface area contributed by atoms with E-state index >= 15 is 0 Å². The standard InChI is InChI=1S/C24H24ClN3OS/c1-16-27-23-14-19(4-6-24(23)30-16)29-12-2-9-28-10-7-17(8-11-28)21-15-26-22-13-18(25)3-5-20(21)22/h3-7,13-15,26H,2,8-12H2,1H3. The number of nitrogens with one attached hydrogen (secondary N) is 1. The Kier molecular flexibility index (Phi) is 5.50. The molecular formula is C24H24ClN3OS. The minimum Gasteiger partial charge on any atom is -0.493 e. The number of hydrogen-bond donors (Lipinski definition) is 1. The van der Waals surface area contributed by atoms with Gasteiger partial charge in [0.2, 0.25) is 0 Å². The van der Waals surface area contributed by atoms with E-state index in [1.54, 1.807) is 11.3 Å². The van der Waals surface area contributed by atoms with Crippen LogP contribution in [0.5, 0.6) is 5.75 Å². The largest absolute Gasteiger partial charge is 0.493 e. The van der Waals surface area contributed by atoms with Crippen LogP contribution >= 0.6 is 22.9 Å². The smallest absolute Gasteiger partial charge is 0.121 e. The van der Waals surface area contributed by atoms with E-state index in [0.717, 1.165) is 65.9 Å². The minimum absolute atomic E-state index is 0.727. The Labute approximate surface area is 185 Å². The van der Waals surface area contributed by atoms with Crippen molar-refractivity contribution in [3.05, 3.63) is 64.3 Å². The van der Waals surface area contributed by atoms with Crippen LogP contribution in [0.3, 0.4) is 0 Å². The van der Waals surface area contributed by atoms with E-state index in [0.29, 0.717) is 0 Å². The van der Waals surface area contributed by atoms with Gasteiger partial charge in [-0.3, -0.25) is 4.90 Å². The van der Waals surface area contributed by atoms with Gasteiger partial charge in [-0.25, -0.2) is 4.98 Å². The summed E-state index contributed by atoms with van der Waals surface area (Å²) in [6.07, 6.45) is 6.55. The summed E-state index contributed by atoms with van der Waals surface area (Å²) < 4.78 is 7.18. The highest BCUT2D eigenvalue weighted by Gasteiger charge is 2.15. The average molecular weight is 438 g/mol. The second-order valence-corrected chi connectivity index (χ2v) is 9.41. The SMILES string of the molecule is Cc1nc2cc(OCCCN3CC=C(c4c[nH]c5cc(Cl)ccc45)CC3)ccc2s1. The Morgan fingerprint density at radius 3 is 3.03 bits per heavy atom. The number of H-pyrrole nitrogens is 1. The predicted molar refractivity (Wildman–Crippen MR) is 127 cm³/mol. The Morgan fingerprint density at radius 2 is 2.17 bits per heavy atom. The Morgan fingerprint density at radius 1 is 1.23 bits per heavy atom. The fourth-order valence-corrected chi connectivity index (χ4v) is 5.09. The zero-order valence-electron chi connectivity index (χ0n) is 17.0. The lowest BCUT2D eigenvalue weighted by molar-refractivity contribution is 0.248. The highest BCUT2D eigenvalue weighted by molar-refractivity contribution is 7.18. The summed E-state index contributed by atoms with van der Waals surface area (Å²) >= 11 is 7.83. The maximum atomic E-state index is 6.10. The third-order valence-corrected chi connectivity index (χ3v) is 6.82. The van der Waals surface area contributed by atoms with E-state index in [1.807, 2.05) is 31.2 Å². The lowest BCUT2D eigenvalue weighted by Crippen LogP contribution is -2.30. The number of thiazole rings is 1. The van der Waals surface area contributed by atoms with Crippen molar-refractivity contribution in [2.75, 3.05) is 26.2 Å². The molecule has 1 N–H and O–H groups in total. The van der Waals surface area contributed by atoms with E-state index in [1.165, 1.54) is 21.2 Å². The van der Waals surface area contributed by atoms with Crippen molar-refractivity contribution >= 4 is 49.6 Å². The van der Waals surface area contributed by atoms with Crippen LogP contribution in [0.2, 0.25) is 5.02 Å². The molecule has 5 rings (SSSR count). The van der Waals surface area contributed by atoms with Gasteiger partial charge in [-0.1, -0.05) is 23.7 Å². The number of nitrogens with zero attached hydrogens (tertiary/aromatic N) is 2. The molecule has 4 nitrogen and oxygen atoms in total. The first-order valence-corrected chi connectivity index (χ1v) is 11.5. The van der Waals surface area contributed by atoms with Crippen LogP contribution in [0, 0.1) is 6.92 Å². The normalized spacial score (nSPS) is 15.1. The number of aromatic amines is 1. The Hall–Kier alpha value is -2.34. The van der Waals surface area contributed by atoms with Gasteiger partial charge in [0.05, 0.1) is 21.8 Å². The number of aromatic nitrogens is 2. The number of rotatable bonds is 6. The molecule has 3 heterocycles. The zero-order valence-corrected chi connectivity index (χ0v) is 18.5. The van der Waals surface area contributed by atoms with Crippen LogP contribution in [0.15, 0.2) is 48.7 Å². The van der Waals surface area contributed by atoms with Crippen molar-refractivity contribution < 1.29 is 4.74 Å². The van der Waals surface area contributed by atoms with Crippen LogP contribution < -0.4 is 4.74 Å². The van der Waals surface area contributed by atoms with Crippen molar-refractivity contribution in [1.29, 1.82) is 0 Å². The molecule has 0 amide bonds. The number of hydrogen-bond acceptors (Lipinski definition) is 4. The van der Waals surface area contributed by atoms with Gasteiger partial charge in [-0.05, 0) is 49.6 Å². The molecular weight excluding hydrogens is 414 g/mol. The molecule has 1 aliphatic heterocycles. The molecule has 2 aromatic heterocycles. The van der Waals surface area contributed by atoms with Crippen LogP contribution in [-0.2, 0) is 0 Å². The monoisotopic (exact) mass is 437 g/mol. The summed E-state index contributed by atoms with van der Waals surface area (Å²) in [6.45, 7) is 5.88. The zero-order chi connectivity index (χ0) is 20.5. The van der Waals surface area contributed by atoms with Gasteiger partial charge >= 0.3 is 0 Å². The molecule has 0 bridgehead atoms. The fourth-order valence-electron chi connectivity index (χ4n) is 4.11. The fraction of sp³-hybridized carbons (Fsp3) is 0.292. The Balaban J connectivity index is 1.13. The van der Waals surface area contributed by atoms with Gasteiger partial charge in [0.1, 0.15) is 5.75 Å². The average Bonchev–Trinajstić information content (AvgIpc) is 3.33. The molecule has 154 valence electrons. The first kappa shape index (κ1) is 19.6. The van der Waals surface area contributed by atoms with Gasteiger partial charge in [-0.15, -0.1) is 11.3 Å². The lowest BCUT2D eigenvalue weighted by Gasteiger charge is -2.26. The van der Waals surface area contributed by atoms with Crippen molar-refractivity contribution in [2.45, 2.75) is 19.8 Å². The summed E-state index contributed by atoms with van der Waals surface area (Å²) in [4.78, 5) is 10.4. The predicted octanol–water partition coefficient (Wildman–Crippen LogP) is 6.30. The summed E-state index contributed by atoms with van der Waals surface area (Å²) in [5.74, 6) is 0.910. The number of fused-ring (bicyclic) bond motifs is 2. The van der Waals surface area contributed by atoms with Crippen LogP contribution in [0.1, 0.15) is 23.4 Å². The molecule has 0 fully saturated rings. The van der Waals surface area contributed by atoms with Crippen molar-refractivity contribution in [2.24, 2.45) is 0 Å². The lowest BCUT2D eigenvalue weighted by atomic mass is 9.99. The van der Waals surface area contributed by atoms with Crippen molar-refractivity contribution in [3.8, 4) is 5.75 Å². The first-order valence-electron chi connectivity index (χ1n) is 10.3. The summed E-state index contributed by atoms with van der Waals surface area (Å²) in [7, 11) is 0. The van der Waals surface area contributed by atoms with Crippen LogP contribution in [0.4, 0.5) is 0 Å². The van der Waals surface area contributed by atoms with Crippen molar-refractivity contribution in [1.82, 2.24) is 14.9 Å². The second kappa shape index (κ2) is 8.42. The molecule has 0 radical (unpaired) electrons. The molecule has 0 spiro atoms. The number of aryl methyl sites for hydroxylation is 1. The summed E-state index contributed by atoms with van der Waals surface area (Å²) in [6, 6.07) is 12.3. The molecule has 4 aromatic rings. The molecule has 0 saturated carbocycles. The summed E-state index contributed by atoms with van der Waals surface area (Å²) in [5.41, 5.74) is 4.85. The highest BCUT2D eigenvalue weighted by Crippen LogP contribution is 2.30. The Bertz CT molecular complexity index is 1230. The third kappa shape index (κ3) is 4.10. The van der Waals surface area contributed by atoms with Crippen LogP contribution in [-0.4, -0.2) is 41.1 Å². The molecule has 0 saturated heterocycles. The first-order chi connectivity index (χ1) is 14.7. The third-order valence-electron chi connectivity index (χ3n) is 5.64. The maximum Gasteiger partial charge on any atom is 0.121 e. The van der Waals surface area contributed by atoms with E-state index in [9.17, 15) is 0 Å². The molecule has 6 heteroatoms. The molecule has 30 heavy (non-hydrogen) atoms. The van der Waals surface area contributed by atoms with E-state index in [-0.39, 0.29) is 0 Å². The quantitative estimate of drug-likeness (QED) is 0.360. The van der Waals surface area contributed by atoms with Gasteiger partial charge in [0.25, 0.3) is 0 Å². The molecule has 2 aromatic carbocycles. The van der Waals surface area contributed by atoms with Crippen LogP contribution in [0.25, 0.3) is 26.7 Å².